The van der Waals surface area contributed by atoms with E-state index in [-0.39, 0.29) is 5.91 Å². The molecule has 1 atom stereocenters. The van der Waals surface area contributed by atoms with Crippen LogP contribution in [0.3, 0.4) is 0 Å². The number of anilines is 1. The Kier molecular flexibility index (Phi) is 3.66. The first-order valence-corrected chi connectivity index (χ1v) is 7.12. The summed E-state index contributed by atoms with van der Waals surface area (Å²) < 4.78 is 5.50. The molecule has 1 aliphatic heterocycles. The Labute approximate surface area is 123 Å². The minimum atomic E-state index is -0.323. The molecule has 2 aromatic rings. The van der Waals surface area contributed by atoms with E-state index in [4.69, 9.17) is 10.3 Å². The lowest BCUT2D eigenvalue weighted by Gasteiger charge is -2.36. The summed E-state index contributed by atoms with van der Waals surface area (Å²) >= 11 is 0. The Morgan fingerprint density at radius 1 is 1.43 bits per heavy atom. The summed E-state index contributed by atoms with van der Waals surface area (Å²) in [5, 5.41) is 0. The van der Waals surface area contributed by atoms with Crippen molar-refractivity contribution in [2.24, 2.45) is 5.84 Å². The van der Waals surface area contributed by atoms with Crippen LogP contribution in [0.2, 0.25) is 0 Å². The SMILES string of the molecule is CC1CCc2ccccc2N1Cc1occc1C(=O)NN. The lowest BCUT2D eigenvalue weighted by Crippen LogP contribution is -2.37. The maximum Gasteiger partial charge on any atom is 0.268 e. The number of nitrogens with zero attached hydrogens (tertiary/aromatic N) is 1. The molecule has 1 amide bonds. The molecule has 0 fully saturated rings. The van der Waals surface area contributed by atoms with Gasteiger partial charge >= 0.3 is 0 Å². The van der Waals surface area contributed by atoms with E-state index in [2.05, 4.69) is 35.4 Å². The molecule has 2 heterocycles. The van der Waals surface area contributed by atoms with Gasteiger partial charge < -0.3 is 9.32 Å². The lowest BCUT2D eigenvalue weighted by molar-refractivity contribution is 0.0951. The third-order valence-electron chi connectivity index (χ3n) is 4.10. The van der Waals surface area contributed by atoms with Gasteiger partial charge in [0.15, 0.2) is 0 Å². The first-order chi connectivity index (χ1) is 10.2. The highest BCUT2D eigenvalue weighted by molar-refractivity contribution is 5.94. The largest absolute Gasteiger partial charge is 0.467 e. The number of rotatable bonds is 3. The fourth-order valence-corrected chi connectivity index (χ4v) is 2.90. The molecule has 3 N–H and O–H groups in total. The van der Waals surface area contributed by atoms with Gasteiger partial charge in [0.1, 0.15) is 5.76 Å². The van der Waals surface area contributed by atoms with Gasteiger partial charge in [-0.3, -0.25) is 10.2 Å². The van der Waals surface area contributed by atoms with Crippen LogP contribution in [0.25, 0.3) is 0 Å². The van der Waals surface area contributed by atoms with Crippen LogP contribution >= 0.6 is 0 Å². The Morgan fingerprint density at radius 3 is 3.05 bits per heavy atom. The average Bonchev–Trinajstić information content (AvgIpc) is 2.97. The summed E-state index contributed by atoms with van der Waals surface area (Å²) in [6, 6.07) is 10.4. The number of nitrogen functional groups attached to an aromatic ring is 1. The van der Waals surface area contributed by atoms with Gasteiger partial charge in [-0.25, -0.2) is 5.84 Å². The van der Waals surface area contributed by atoms with Crippen molar-refractivity contribution in [1.29, 1.82) is 0 Å². The molecule has 21 heavy (non-hydrogen) atoms. The maximum atomic E-state index is 11.7. The van der Waals surface area contributed by atoms with Crippen molar-refractivity contribution >= 4 is 11.6 Å². The molecule has 0 aliphatic carbocycles. The number of hydrogen-bond donors (Lipinski definition) is 2. The van der Waals surface area contributed by atoms with Crippen molar-refractivity contribution in [1.82, 2.24) is 5.43 Å². The van der Waals surface area contributed by atoms with Crippen LogP contribution in [0.1, 0.15) is 35.0 Å². The summed E-state index contributed by atoms with van der Waals surface area (Å²) in [6.07, 6.45) is 3.71. The molecule has 0 bridgehead atoms. The molecular formula is C16H19N3O2. The van der Waals surface area contributed by atoms with Gasteiger partial charge in [0.25, 0.3) is 5.91 Å². The minimum absolute atomic E-state index is 0.323. The number of carbonyl (C=O) groups is 1. The number of furan rings is 1. The summed E-state index contributed by atoms with van der Waals surface area (Å²) in [7, 11) is 0. The van der Waals surface area contributed by atoms with Gasteiger partial charge in [-0.2, -0.15) is 0 Å². The summed E-state index contributed by atoms with van der Waals surface area (Å²) in [5.41, 5.74) is 5.21. The van der Waals surface area contributed by atoms with Crippen LogP contribution in [0, 0.1) is 0 Å². The molecule has 0 spiro atoms. The van der Waals surface area contributed by atoms with Crippen LogP contribution in [0.15, 0.2) is 41.0 Å². The fourth-order valence-electron chi connectivity index (χ4n) is 2.90. The molecule has 110 valence electrons. The number of amides is 1. The number of aryl methyl sites for hydroxylation is 1. The molecule has 0 saturated heterocycles. The second kappa shape index (κ2) is 5.61. The molecule has 0 saturated carbocycles. The van der Waals surface area contributed by atoms with Crippen molar-refractivity contribution in [3.8, 4) is 0 Å². The van der Waals surface area contributed by atoms with Gasteiger partial charge in [-0.15, -0.1) is 0 Å². The molecular weight excluding hydrogens is 266 g/mol. The molecule has 3 rings (SSSR count). The molecule has 1 unspecified atom stereocenters. The zero-order valence-corrected chi connectivity index (χ0v) is 12.0. The van der Waals surface area contributed by atoms with Crippen molar-refractivity contribution in [2.45, 2.75) is 32.4 Å². The molecule has 1 aromatic carbocycles. The monoisotopic (exact) mass is 285 g/mol. The van der Waals surface area contributed by atoms with E-state index in [1.165, 1.54) is 17.5 Å². The maximum absolute atomic E-state index is 11.7. The Hall–Kier alpha value is -2.27. The molecule has 1 aliphatic rings. The standard InChI is InChI=1S/C16H19N3O2/c1-11-6-7-12-4-2-3-5-14(12)19(11)10-15-13(8-9-21-15)16(20)18-17/h2-5,8-9,11H,6-7,10,17H2,1H3,(H,18,20). The van der Waals surface area contributed by atoms with Gasteiger partial charge in [0.2, 0.25) is 0 Å². The fraction of sp³-hybridized carbons (Fsp3) is 0.312. The van der Waals surface area contributed by atoms with Crippen molar-refractivity contribution in [2.75, 3.05) is 4.90 Å². The van der Waals surface area contributed by atoms with Crippen LogP contribution in [-0.2, 0) is 13.0 Å². The van der Waals surface area contributed by atoms with Crippen LogP contribution in [0.4, 0.5) is 5.69 Å². The minimum Gasteiger partial charge on any atom is -0.467 e. The Morgan fingerprint density at radius 2 is 2.24 bits per heavy atom. The molecule has 0 radical (unpaired) electrons. The number of benzene rings is 1. The van der Waals surface area contributed by atoms with Crippen molar-refractivity contribution in [3.05, 3.63) is 53.5 Å². The number of fused-ring (bicyclic) bond motifs is 1. The van der Waals surface area contributed by atoms with Crippen molar-refractivity contribution < 1.29 is 9.21 Å². The zero-order chi connectivity index (χ0) is 14.8. The molecule has 5 nitrogen and oxygen atoms in total. The van der Waals surface area contributed by atoms with Crippen LogP contribution < -0.4 is 16.2 Å². The lowest BCUT2D eigenvalue weighted by atomic mass is 9.96. The Balaban J connectivity index is 1.91. The molecule has 1 aromatic heterocycles. The third kappa shape index (κ3) is 2.52. The van der Waals surface area contributed by atoms with E-state index in [0.29, 0.717) is 23.9 Å². The first kappa shape index (κ1) is 13.7. The topological polar surface area (TPSA) is 71.5 Å². The van der Waals surface area contributed by atoms with Gasteiger partial charge in [0, 0.05) is 11.7 Å². The smallest absolute Gasteiger partial charge is 0.268 e. The average molecular weight is 285 g/mol. The number of hydrazine groups is 1. The van der Waals surface area contributed by atoms with Crippen LogP contribution in [0.5, 0.6) is 0 Å². The number of nitrogens with one attached hydrogen (secondary N) is 1. The van der Waals surface area contributed by atoms with Gasteiger partial charge in [-0.1, -0.05) is 18.2 Å². The number of hydrogen-bond acceptors (Lipinski definition) is 4. The quantitative estimate of drug-likeness (QED) is 0.515. The second-order valence-corrected chi connectivity index (χ2v) is 5.38. The summed E-state index contributed by atoms with van der Waals surface area (Å²) in [4.78, 5) is 14.0. The number of nitrogens with two attached hydrogens (primary N) is 1. The van der Waals surface area contributed by atoms with Gasteiger partial charge in [0.05, 0.1) is 18.4 Å². The summed E-state index contributed by atoms with van der Waals surface area (Å²) in [5.74, 6) is 5.53. The normalized spacial score (nSPS) is 17.4. The predicted octanol–water partition coefficient (Wildman–Crippen LogP) is 2.22. The van der Waals surface area contributed by atoms with E-state index in [9.17, 15) is 4.79 Å². The molecule has 5 heteroatoms. The van der Waals surface area contributed by atoms with E-state index < -0.39 is 0 Å². The van der Waals surface area contributed by atoms with E-state index in [0.717, 1.165) is 12.8 Å². The second-order valence-electron chi connectivity index (χ2n) is 5.38. The number of para-hydroxylation sites is 1. The zero-order valence-electron chi connectivity index (χ0n) is 12.0. The highest BCUT2D eigenvalue weighted by Crippen LogP contribution is 2.32. The highest BCUT2D eigenvalue weighted by atomic mass is 16.3. The van der Waals surface area contributed by atoms with E-state index >= 15 is 0 Å². The van der Waals surface area contributed by atoms with E-state index in [1.807, 2.05) is 6.07 Å². The first-order valence-electron chi connectivity index (χ1n) is 7.12. The summed E-state index contributed by atoms with van der Waals surface area (Å²) in [6.45, 7) is 2.76. The predicted molar refractivity (Wildman–Crippen MR) is 80.8 cm³/mol. The van der Waals surface area contributed by atoms with E-state index in [1.54, 1.807) is 6.07 Å². The van der Waals surface area contributed by atoms with Gasteiger partial charge in [-0.05, 0) is 37.5 Å². The Bertz CT molecular complexity index is 650. The number of carbonyl (C=O) groups excluding carboxylic acids is 1. The third-order valence-corrected chi connectivity index (χ3v) is 4.10. The highest BCUT2D eigenvalue weighted by Gasteiger charge is 2.25. The van der Waals surface area contributed by atoms with Crippen molar-refractivity contribution in [3.63, 3.8) is 0 Å². The van der Waals surface area contributed by atoms with Crippen LogP contribution in [-0.4, -0.2) is 11.9 Å².